The van der Waals surface area contributed by atoms with Crippen molar-refractivity contribution in [1.29, 1.82) is 0 Å². The van der Waals surface area contributed by atoms with Gasteiger partial charge in [-0.2, -0.15) is 5.10 Å². The molecule has 0 unspecified atom stereocenters. The third kappa shape index (κ3) is 3.59. The van der Waals surface area contributed by atoms with E-state index in [2.05, 4.69) is 16.9 Å². The Bertz CT molecular complexity index is 640. The maximum atomic E-state index is 13.2. The molecule has 1 aromatic heterocycles. The van der Waals surface area contributed by atoms with Crippen LogP contribution in [0.2, 0.25) is 0 Å². The summed E-state index contributed by atoms with van der Waals surface area (Å²) >= 11 is 0. The zero-order chi connectivity index (χ0) is 14.4. The highest BCUT2D eigenvalue weighted by atomic mass is 19.1. The van der Waals surface area contributed by atoms with Crippen LogP contribution in [0.1, 0.15) is 11.3 Å². The number of nitrogens with two attached hydrogens (primary N) is 1. The fourth-order valence-corrected chi connectivity index (χ4v) is 1.78. The maximum Gasteiger partial charge on any atom is 0.135 e. The van der Waals surface area contributed by atoms with Gasteiger partial charge in [0.25, 0.3) is 0 Å². The lowest BCUT2D eigenvalue weighted by Crippen LogP contribution is -2.06. The molecule has 0 saturated heterocycles. The van der Waals surface area contributed by atoms with Gasteiger partial charge >= 0.3 is 0 Å². The van der Waals surface area contributed by atoms with Crippen LogP contribution < -0.4 is 10.5 Å². The largest absolute Gasteiger partial charge is 0.492 e. The summed E-state index contributed by atoms with van der Waals surface area (Å²) in [7, 11) is 1.88. The summed E-state index contributed by atoms with van der Waals surface area (Å²) in [4.78, 5) is 0. The van der Waals surface area contributed by atoms with Gasteiger partial charge in [0, 0.05) is 25.4 Å². The standard InChI is InChI=1S/C15H16FN3O/c1-19-14(6-9-18-19)7-10-20-15-5-4-13(16)11-12(15)3-2-8-17/h4-6,9,11H,7-8,10,17H2,1H3. The third-order valence-corrected chi connectivity index (χ3v) is 2.80. The van der Waals surface area contributed by atoms with Crippen molar-refractivity contribution in [2.24, 2.45) is 12.8 Å². The molecule has 0 aliphatic heterocycles. The molecular formula is C15H16FN3O. The van der Waals surface area contributed by atoms with Crippen molar-refractivity contribution in [3.05, 3.63) is 47.5 Å². The van der Waals surface area contributed by atoms with Crippen LogP contribution in [0.5, 0.6) is 5.75 Å². The molecule has 0 amide bonds. The lowest BCUT2D eigenvalue weighted by atomic mass is 10.2. The summed E-state index contributed by atoms with van der Waals surface area (Å²) in [5, 5.41) is 4.09. The zero-order valence-corrected chi connectivity index (χ0v) is 11.3. The third-order valence-electron chi connectivity index (χ3n) is 2.80. The lowest BCUT2D eigenvalue weighted by molar-refractivity contribution is 0.317. The topological polar surface area (TPSA) is 53.1 Å². The summed E-state index contributed by atoms with van der Waals surface area (Å²) in [5.74, 6) is 5.74. The van der Waals surface area contributed by atoms with Gasteiger partial charge in [-0.25, -0.2) is 4.39 Å². The predicted octanol–water partition coefficient (Wildman–Crippen LogP) is 1.49. The second kappa shape index (κ2) is 6.73. The number of aryl methyl sites for hydroxylation is 1. The predicted molar refractivity (Wildman–Crippen MR) is 74.7 cm³/mol. The zero-order valence-electron chi connectivity index (χ0n) is 11.3. The van der Waals surface area contributed by atoms with Crippen molar-refractivity contribution in [3.63, 3.8) is 0 Å². The van der Waals surface area contributed by atoms with E-state index in [0.717, 1.165) is 12.1 Å². The van der Waals surface area contributed by atoms with E-state index in [1.807, 2.05) is 13.1 Å². The number of nitrogens with zero attached hydrogens (tertiary/aromatic N) is 2. The van der Waals surface area contributed by atoms with Crippen molar-refractivity contribution in [2.75, 3.05) is 13.2 Å². The molecule has 4 nitrogen and oxygen atoms in total. The first-order valence-electron chi connectivity index (χ1n) is 6.29. The molecule has 0 atom stereocenters. The van der Waals surface area contributed by atoms with Crippen molar-refractivity contribution >= 4 is 0 Å². The highest BCUT2D eigenvalue weighted by molar-refractivity contribution is 5.46. The Labute approximate surface area is 117 Å². The number of halogens is 1. The number of hydrogen-bond acceptors (Lipinski definition) is 3. The van der Waals surface area contributed by atoms with Crippen molar-refractivity contribution in [3.8, 4) is 17.6 Å². The van der Waals surface area contributed by atoms with E-state index < -0.39 is 0 Å². The molecule has 2 N–H and O–H groups in total. The van der Waals surface area contributed by atoms with E-state index >= 15 is 0 Å². The van der Waals surface area contributed by atoms with Crippen molar-refractivity contribution < 1.29 is 9.13 Å². The van der Waals surface area contributed by atoms with E-state index in [9.17, 15) is 4.39 Å². The number of benzene rings is 1. The summed E-state index contributed by atoms with van der Waals surface area (Å²) in [6.45, 7) is 0.702. The smallest absolute Gasteiger partial charge is 0.135 e. The molecule has 1 aromatic carbocycles. The summed E-state index contributed by atoms with van der Waals surface area (Å²) in [5.41, 5.74) is 6.91. The number of aromatic nitrogens is 2. The normalized spacial score (nSPS) is 9.95. The van der Waals surface area contributed by atoms with Gasteiger partial charge in [0.2, 0.25) is 0 Å². The summed E-state index contributed by atoms with van der Waals surface area (Å²) in [6.07, 6.45) is 2.46. The van der Waals surface area contributed by atoms with E-state index in [4.69, 9.17) is 10.5 Å². The number of rotatable bonds is 4. The van der Waals surface area contributed by atoms with Crippen LogP contribution in [0.25, 0.3) is 0 Å². The van der Waals surface area contributed by atoms with Gasteiger partial charge in [0.15, 0.2) is 0 Å². The molecule has 2 rings (SSSR count). The average molecular weight is 273 g/mol. The number of hydrogen-bond donors (Lipinski definition) is 1. The van der Waals surface area contributed by atoms with E-state index in [-0.39, 0.29) is 12.4 Å². The van der Waals surface area contributed by atoms with E-state index in [0.29, 0.717) is 17.9 Å². The molecule has 0 saturated carbocycles. The SMILES string of the molecule is Cn1nccc1CCOc1ccc(F)cc1C#CCN. The Balaban J connectivity index is 2.03. The first-order chi connectivity index (χ1) is 9.70. The van der Waals surface area contributed by atoms with Crippen LogP contribution in [0.3, 0.4) is 0 Å². The molecule has 5 heteroatoms. The Morgan fingerprint density at radius 3 is 2.95 bits per heavy atom. The highest BCUT2D eigenvalue weighted by Gasteiger charge is 2.04. The van der Waals surface area contributed by atoms with Gasteiger partial charge in [-0.15, -0.1) is 0 Å². The van der Waals surface area contributed by atoms with Gasteiger partial charge in [-0.05, 0) is 24.3 Å². The van der Waals surface area contributed by atoms with Crippen LogP contribution in [-0.2, 0) is 13.5 Å². The van der Waals surface area contributed by atoms with Crippen LogP contribution in [0.15, 0.2) is 30.5 Å². The van der Waals surface area contributed by atoms with E-state index in [1.54, 1.807) is 16.9 Å². The molecule has 0 aliphatic carbocycles. The quantitative estimate of drug-likeness (QED) is 0.859. The van der Waals surface area contributed by atoms with Gasteiger partial charge in [-0.3, -0.25) is 4.68 Å². The minimum Gasteiger partial charge on any atom is -0.492 e. The average Bonchev–Trinajstić information content (AvgIpc) is 2.84. The fourth-order valence-electron chi connectivity index (χ4n) is 1.78. The second-order valence-corrected chi connectivity index (χ2v) is 4.19. The first kappa shape index (κ1) is 14.1. The maximum absolute atomic E-state index is 13.2. The van der Waals surface area contributed by atoms with Crippen LogP contribution in [0, 0.1) is 17.7 Å². The minimum atomic E-state index is -0.342. The lowest BCUT2D eigenvalue weighted by Gasteiger charge is -2.08. The van der Waals surface area contributed by atoms with Crippen molar-refractivity contribution in [1.82, 2.24) is 9.78 Å². The Morgan fingerprint density at radius 1 is 1.40 bits per heavy atom. The monoisotopic (exact) mass is 273 g/mol. The Kier molecular flexibility index (Phi) is 4.75. The van der Waals surface area contributed by atoms with Crippen molar-refractivity contribution in [2.45, 2.75) is 6.42 Å². The van der Waals surface area contributed by atoms with Gasteiger partial charge < -0.3 is 10.5 Å². The molecule has 0 aliphatic rings. The highest BCUT2D eigenvalue weighted by Crippen LogP contribution is 2.19. The second-order valence-electron chi connectivity index (χ2n) is 4.19. The number of ether oxygens (including phenoxy) is 1. The molecule has 20 heavy (non-hydrogen) atoms. The molecule has 0 spiro atoms. The van der Waals surface area contributed by atoms with Gasteiger partial charge in [0.1, 0.15) is 11.6 Å². The van der Waals surface area contributed by atoms with E-state index in [1.165, 1.54) is 12.1 Å². The molecular weight excluding hydrogens is 257 g/mol. The molecule has 104 valence electrons. The van der Waals surface area contributed by atoms with Crippen LogP contribution in [0.4, 0.5) is 4.39 Å². The molecule has 0 fully saturated rings. The first-order valence-corrected chi connectivity index (χ1v) is 6.29. The molecule has 0 bridgehead atoms. The Hall–Kier alpha value is -2.32. The van der Waals surface area contributed by atoms with Crippen LogP contribution in [-0.4, -0.2) is 22.9 Å². The Morgan fingerprint density at radius 2 is 2.25 bits per heavy atom. The van der Waals surface area contributed by atoms with Gasteiger partial charge in [-0.1, -0.05) is 11.8 Å². The molecule has 0 radical (unpaired) electrons. The fraction of sp³-hybridized carbons (Fsp3) is 0.267. The molecule has 2 aromatic rings. The summed E-state index contributed by atoms with van der Waals surface area (Å²) < 4.78 is 20.7. The minimum absolute atomic E-state index is 0.227. The van der Waals surface area contributed by atoms with Crippen LogP contribution >= 0.6 is 0 Å². The summed E-state index contributed by atoms with van der Waals surface area (Å²) in [6, 6.07) is 6.22. The molecule has 1 heterocycles. The van der Waals surface area contributed by atoms with Gasteiger partial charge in [0.05, 0.1) is 18.7 Å².